The van der Waals surface area contributed by atoms with Crippen molar-refractivity contribution in [3.05, 3.63) is 0 Å². The smallest absolute Gasteiger partial charge is 0.407 e. The lowest BCUT2D eigenvalue weighted by Crippen LogP contribution is -2.46. The Bertz CT molecular complexity index is 1220. The summed E-state index contributed by atoms with van der Waals surface area (Å²) in [5.74, 6) is -3.43. The number of aliphatic carboxylic acids is 1. The maximum absolute atomic E-state index is 12.5. The van der Waals surface area contributed by atoms with Gasteiger partial charge in [-0.2, -0.15) is 0 Å². The largest absolute Gasteiger partial charge is 0.481 e. The van der Waals surface area contributed by atoms with Crippen molar-refractivity contribution < 1.29 is 62.4 Å². The number of carboxylic acid groups (broad SMARTS) is 1. The van der Waals surface area contributed by atoms with Crippen molar-refractivity contribution >= 4 is 47.6 Å². The molecule has 6 N–H and O–H groups in total. The van der Waals surface area contributed by atoms with Gasteiger partial charge in [-0.1, -0.05) is 27.7 Å². The molecular formula is C38H70N4O13. The number of rotatable bonds is 19. The van der Waals surface area contributed by atoms with Crippen molar-refractivity contribution in [2.24, 2.45) is 29.4 Å². The fraction of sp³-hybridized carbons (Fsp3) is 0.789. The standard InChI is InChI=1S/C19H34N2O6.C11H22N2O4.C8H14O3/c1-12(2)14(11-13(3)22)16(23)21-15(17(24)26-7)9-8-10-20-18(25)27-19(4,5)6;1-11(2,3)17-10(15)13-7-5-6-8(12)9(14)16-4;1-5(2)7(8(10)11)4-6(3)9/h12,14-15H,8-11H2,1-7H3,(H,20,25)(H,21,23);8H,5-7,12H2,1-4H3,(H,13,15);5,7H,4H2,1-3H3,(H,10,11)/t14-,15-;8-;7-/m000/s1. The molecule has 0 saturated carbocycles. The number of nitrogens with one attached hydrogen (secondary N) is 3. The fourth-order valence-electron chi connectivity index (χ4n) is 4.44. The van der Waals surface area contributed by atoms with Gasteiger partial charge in [0.05, 0.1) is 20.1 Å². The van der Waals surface area contributed by atoms with Gasteiger partial charge in [-0.25, -0.2) is 14.4 Å². The molecule has 0 unspecified atom stereocenters. The zero-order chi connectivity index (χ0) is 43.7. The summed E-state index contributed by atoms with van der Waals surface area (Å²) in [5, 5.41) is 16.5. The number of alkyl carbamates (subject to hydrolysis) is 2. The first-order valence-corrected chi connectivity index (χ1v) is 18.4. The third-order valence-electron chi connectivity index (χ3n) is 7.28. The van der Waals surface area contributed by atoms with E-state index in [-0.39, 0.29) is 42.2 Å². The Kier molecular flexibility index (Phi) is 28.2. The average molecular weight is 791 g/mol. The van der Waals surface area contributed by atoms with Crippen molar-refractivity contribution in [3.8, 4) is 0 Å². The third-order valence-corrected chi connectivity index (χ3v) is 7.28. The number of esters is 2. The van der Waals surface area contributed by atoms with Crippen LogP contribution in [0.2, 0.25) is 0 Å². The molecule has 3 amide bonds. The van der Waals surface area contributed by atoms with Gasteiger partial charge in [0, 0.05) is 31.8 Å². The number of amides is 3. The predicted molar refractivity (Wildman–Crippen MR) is 206 cm³/mol. The average Bonchev–Trinajstić information content (AvgIpc) is 3.03. The second kappa shape index (κ2) is 28.2. The second-order valence-electron chi connectivity index (χ2n) is 15.7. The highest BCUT2D eigenvalue weighted by Gasteiger charge is 2.29. The van der Waals surface area contributed by atoms with Crippen LogP contribution in [0.1, 0.15) is 122 Å². The highest BCUT2D eigenvalue weighted by atomic mass is 16.6. The Morgan fingerprint density at radius 3 is 1.33 bits per heavy atom. The van der Waals surface area contributed by atoms with Gasteiger partial charge >= 0.3 is 30.1 Å². The van der Waals surface area contributed by atoms with Crippen LogP contribution in [0.5, 0.6) is 0 Å². The first kappa shape index (κ1) is 55.1. The summed E-state index contributed by atoms with van der Waals surface area (Å²) < 4.78 is 19.4. The maximum atomic E-state index is 12.5. The number of Topliss-reactive ketones (excluding diaryl/α,β-unsaturated/α-hetero) is 2. The van der Waals surface area contributed by atoms with Gasteiger partial charge in [0.25, 0.3) is 0 Å². The number of hydrogen-bond acceptors (Lipinski definition) is 13. The van der Waals surface area contributed by atoms with E-state index in [9.17, 15) is 38.4 Å². The number of ketones is 2. The molecule has 0 bridgehead atoms. The van der Waals surface area contributed by atoms with Crippen LogP contribution in [0, 0.1) is 23.7 Å². The van der Waals surface area contributed by atoms with Crippen LogP contribution in [0.25, 0.3) is 0 Å². The van der Waals surface area contributed by atoms with Gasteiger partial charge in [0.1, 0.15) is 34.9 Å². The number of nitrogens with two attached hydrogens (primary N) is 1. The molecule has 0 saturated heterocycles. The van der Waals surface area contributed by atoms with E-state index in [4.69, 9.17) is 25.1 Å². The molecule has 0 rings (SSSR count). The van der Waals surface area contributed by atoms with E-state index in [1.807, 2.05) is 27.7 Å². The minimum atomic E-state index is -0.879. The van der Waals surface area contributed by atoms with Gasteiger partial charge in [-0.3, -0.25) is 14.4 Å². The molecule has 320 valence electrons. The molecule has 0 aromatic heterocycles. The SMILES string of the molecule is CC(=O)C[C@H](C(=O)O)C(C)C.COC(=O)[C@@H](N)CCCNC(=O)OC(C)(C)C.COC(=O)[C@H](CCCNC(=O)OC(C)(C)C)NC(=O)[C@@H](CC(C)=O)C(C)C. The van der Waals surface area contributed by atoms with E-state index < -0.39 is 65.2 Å². The maximum Gasteiger partial charge on any atom is 0.407 e. The summed E-state index contributed by atoms with van der Waals surface area (Å²) in [7, 11) is 2.54. The van der Waals surface area contributed by atoms with Crippen LogP contribution in [-0.2, 0) is 47.7 Å². The Morgan fingerprint density at radius 1 is 0.636 bits per heavy atom. The van der Waals surface area contributed by atoms with E-state index in [1.54, 1.807) is 41.5 Å². The Hall–Kier alpha value is -4.28. The number of carboxylic acids is 1. The van der Waals surface area contributed by atoms with Crippen molar-refractivity contribution in [2.45, 2.75) is 145 Å². The minimum absolute atomic E-state index is 0.0244. The number of ether oxygens (including phenoxy) is 4. The predicted octanol–water partition coefficient (Wildman–Crippen LogP) is 4.31. The quantitative estimate of drug-likeness (QED) is 0.0694. The Labute approximate surface area is 327 Å². The first-order valence-electron chi connectivity index (χ1n) is 18.4. The molecule has 0 aromatic carbocycles. The molecule has 4 atom stereocenters. The Balaban J connectivity index is -0.000000820. The third kappa shape index (κ3) is 31.7. The first-order chi connectivity index (χ1) is 25.1. The topological polar surface area (TPSA) is 256 Å². The van der Waals surface area contributed by atoms with Gasteiger partial charge in [0.15, 0.2) is 0 Å². The summed E-state index contributed by atoms with van der Waals surface area (Å²) in [5.41, 5.74) is 4.43. The van der Waals surface area contributed by atoms with E-state index in [0.717, 1.165) is 0 Å². The molecule has 0 radical (unpaired) electrons. The van der Waals surface area contributed by atoms with Gasteiger partial charge in [-0.15, -0.1) is 0 Å². The molecular weight excluding hydrogens is 720 g/mol. The number of carbonyl (C=O) groups is 8. The number of carbonyl (C=O) groups excluding carboxylic acids is 7. The van der Waals surface area contributed by atoms with Crippen LogP contribution in [0.4, 0.5) is 9.59 Å². The molecule has 0 fully saturated rings. The molecule has 17 nitrogen and oxygen atoms in total. The second-order valence-corrected chi connectivity index (χ2v) is 15.7. The molecule has 0 aliphatic rings. The molecule has 55 heavy (non-hydrogen) atoms. The van der Waals surface area contributed by atoms with Crippen LogP contribution >= 0.6 is 0 Å². The zero-order valence-electron chi connectivity index (χ0n) is 35.5. The monoisotopic (exact) mass is 790 g/mol. The summed E-state index contributed by atoms with van der Waals surface area (Å²) >= 11 is 0. The molecule has 0 aliphatic carbocycles. The summed E-state index contributed by atoms with van der Waals surface area (Å²) in [6, 6.07) is -1.48. The van der Waals surface area contributed by atoms with E-state index >= 15 is 0 Å². The van der Waals surface area contributed by atoms with Crippen LogP contribution in [-0.4, -0.2) is 103 Å². The molecule has 0 aliphatic heterocycles. The molecule has 0 spiro atoms. The van der Waals surface area contributed by atoms with Gasteiger partial charge in [0.2, 0.25) is 5.91 Å². The van der Waals surface area contributed by atoms with Crippen molar-refractivity contribution in [3.63, 3.8) is 0 Å². The highest BCUT2D eigenvalue weighted by molar-refractivity contribution is 5.89. The van der Waals surface area contributed by atoms with E-state index in [2.05, 4.69) is 20.7 Å². The molecule has 0 aromatic rings. The van der Waals surface area contributed by atoms with Gasteiger partial charge in [-0.05, 0) is 92.9 Å². The van der Waals surface area contributed by atoms with Crippen LogP contribution in [0.3, 0.4) is 0 Å². The molecule has 17 heteroatoms. The van der Waals surface area contributed by atoms with E-state index in [1.165, 1.54) is 28.1 Å². The van der Waals surface area contributed by atoms with Crippen LogP contribution < -0.4 is 21.7 Å². The van der Waals surface area contributed by atoms with Crippen molar-refractivity contribution in [1.29, 1.82) is 0 Å². The minimum Gasteiger partial charge on any atom is -0.481 e. The van der Waals surface area contributed by atoms with Crippen LogP contribution in [0.15, 0.2) is 0 Å². The van der Waals surface area contributed by atoms with Crippen molar-refractivity contribution in [1.82, 2.24) is 16.0 Å². The van der Waals surface area contributed by atoms with Gasteiger partial charge < -0.3 is 55.3 Å². The lowest BCUT2D eigenvalue weighted by atomic mass is 9.90. The number of methoxy groups -OCH3 is 2. The summed E-state index contributed by atoms with van der Waals surface area (Å²) in [6.07, 6.45) is 1.05. The van der Waals surface area contributed by atoms with Crippen molar-refractivity contribution in [2.75, 3.05) is 27.3 Å². The fourth-order valence-corrected chi connectivity index (χ4v) is 4.44. The number of hydrogen-bond donors (Lipinski definition) is 5. The summed E-state index contributed by atoms with van der Waals surface area (Å²) in [4.78, 5) is 90.8. The summed E-state index contributed by atoms with van der Waals surface area (Å²) in [6.45, 7) is 21.5. The zero-order valence-corrected chi connectivity index (χ0v) is 35.5. The highest BCUT2D eigenvalue weighted by Crippen LogP contribution is 2.17. The normalized spacial score (nSPS) is 13.2. The lowest BCUT2D eigenvalue weighted by molar-refractivity contribution is -0.146. The van der Waals surface area contributed by atoms with E-state index in [0.29, 0.717) is 38.8 Å². The Morgan fingerprint density at radius 2 is 1.02 bits per heavy atom. The molecule has 0 heterocycles. The lowest BCUT2D eigenvalue weighted by Gasteiger charge is -2.23.